The minimum absolute atomic E-state index is 0. The van der Waals surface area contributed by atoms with Crippen LogP contribution in [-0.2, 0) is 18.6 Å². The number of nitrogens with zero attached hydrogens (tertiary/aromatic N) is 1. The van der Waals surface area contributed by atoms with Crippen LogP contribution in [0.2, 0.25) is 0 Å². The molecule has 3 atom stereocenters. The van der Waals surface area contributed by atoms with Gasteiger partial charge in [-0.1, -0.05) is 39.0 Å². The summed E-state index contributed by atoms with van der Waals surface area (Å²) < 4.78 is 17.2. The number of quaternary nitrogens is 1. The van der Waals surface area contributed by atoms with Gasteiger partial charge in [-0.3, -0.25) is 4.79 Å². The molecule has 0 aromatic carbocycles. The lowest BCUT2D eigenvalue weighted by Crippen LogP contribution is -2.42. The Hall–Kier alpha value is -0.340. The first-order valence-corrected chi connectivity index (χ1v) is 12.2. The van der Waals surface area contributed by atoms with Crippen molar-refractivity contribution in [2.75, 3.05) is 40.9 Å². The van der Waals surface area contributed by atoms with Crippen molar-refractivity contribution in [3.63, 3.8) is 0 Å². The molecule has 0 saturated heterocycles. The Morgan fingerprint density at radius 3 is 2.20 bits per heavy atom. The van der Waals surface area contributed by atoms with Crippen LogP contribution in [-0.4, -0.2) is 79.0 Å². The fourth-order valence-electron chi connectivity index (χ4n) is 3.03. The first kappa shape index (κ1) is 31.8. The highest BCUT2D eigenvalue weighted by Gasteiger charge is 2.25. The number of hydrogen-bond donors (Lipinski definition) is 2. The smallest absolute Gasteiger partial charge is 0.330 e. The van der Waals surface area contributed by atoms with Crippen molar-refractivity contribution in [1.29, 1.82) is 0 Å². The van der Waals surface area contributed by atoms with Crippen molar-refractivity contribution in [3.8, 4) is 0 Å². The normalized spacial score (nSPS) is 14.7. The molecule has 0 aromatic rings. The number of aliphatic carboxylic acids is 1. The highest BCUT2D eigenvalue weighted by atomic mass is 31.2. The number of hydrogen-bond acceptors (Lipinski definition) is 6. The number of carboxylic acids is 1. The first-order valence-electron chi connectivity index (χ1n) is 11.1. The van der Waals surface area contributed by atoms with Gasteiger partial charge in [-0.05, 0) is 32.6 Å². The van der Waals surface area contributed by atoms with Crippen LogP contribution in [0.4, 0.5) is 0 Å². The molecular formula is C21H46NO7P. The van der Waals surface area contributed by atoms with E-state index in [9.17, 15) is 9.69 Å². The highest BCUT2D eigenvalue weighted by molar-refractivity contribution is 7.40. The molecule has 0 radical (unpaired) electrons. The Kier molecular flexibility index (Phi) is 20.5. The predicted octanol–water partition coefficient (Wildman–Crippen LogP) is 4.55. The molecule has 0 bridgehead atoms. The van der Waals surface area contributed by atoms with E-state index in [1.165, 1.54) is 32.1 Å². The van der Waals surface area contributed by atoms with Gasteiger partial charge in [0.1, 0.15) is 12.6 Å². The molecule has 0 heterocycles. The van der Waals surface area contributed by atoms with E-state index < -0.39 is 20.7 Å². The van der Waals surface area contributed by atoms with E-state index in [-0.39, 0.29) is 11.9 Å². The zero-order valence-corrected chi connectivity index (χ0v) is 20.6. The van der Waals surface area contributed by atoms with Crippen LogP contribution in [0.5, 0.6) is 0 Å². The third-order valence-electron chi connectivity index (χ3n) is 4.50. The minimum atomic E-state index is -2.05. The van der Waals surface area contributed by atoms with Crippen LogP contribution in [0.1, 0.15) is 78.1 Å². The van der Waals surface area contributed by atoms with Gasteiger partial charge in [-0.15, -0.1) is 0 Å². The van der Waals surface area contributed by atoms with Crippen LogP contribution in [0.15, 0.2) is 0 Å². The van der Waals surface area contributed by atoms with Crippen molar-refractivity contribution in [2.45, 2.75) is 90.3 Å². The number of ether oxygens (including phenoxy) is 1. The van der Waals surface area contributed by atoms with Crippen LogP contribution in [0.25, 0.3) is 0 Å². The van der Waals surface area contributed by atoms with Crippen molar-refractivity contribution in [3.05, 3.63) is 0 Å². The lowest BCUT2D eigenvalue weighted by Gasteiger charge is -2.29. The largest absolute Gasteiger partial charge is 0.870 e. The molecule has 0 spiro atoms. The Balaban J connectivity index is 0. The number of likely N-dealkylation sites (N-methyl/N-ethyl adjacent to an activating group) is 1. The Bertz CT molecular complexity index is 407. The van der Waals surface area contributed by atoms with Crippen molar-refractivity contribution in [1.82, 2.24) is 0 Å². The predicted molar refractivity (Wildman–Crippen MR) is 120 cm³/mol. The molecule has 0 fully saturated rings. The van der Waals surface area contributed by atoms with Crippen LogP contribution < -0.4 is 0 Å². The average molecular weight is 456 g/mol. The Morgan fingerprint density at radius 2 is 1.60 bits per heavy atom. The van der Waals surface area contributed by atoms with E-state index in [0.717, 1.165) is 32.3 Å². The van der Waals surface area contributed by atoms with Crippen LogP contribution in [0.3, 0.4) is 0 Å². The molecule has 3 N–H and O–H groups in total. The third-order valence-corrected chi connectivity index (χ3v) is 5.38. The summed E-state index contributed by atoms with van der Waals surface area (Å²) in [4.78, 5) is 20.9. The molecule has 0 amide bonds. The number of unbranched alkanes of at least 4 members (excludes halogenated alkanes) is 6. The second kappa shape index (κ2) is 19.4. The van der Waals surface area contributed by atoms with Gasteiger partial charge in [-0.25, -0.2) is 0 Å². The summed E-state index contributed by atoms with van der Waals surface area (Å²) in [7, 11) is 3.80. The molecule has 0 aliphatic carbocycles. The van der Waals surface area contributed by atoms with Crippen LogP contribution in [0, 0.1) is 0 Å². The monoisotopic (exact) mass is 455 g/mol. The summed E-state index contributed by atoms with van der Waals surface area (Å²) in [5.41, 5.74) is 0. The molecule has 0 rings (SSSR count). The fourth-order valence-corrected chi connectivity index (χ4v) is 3.77. The van der Waals surface area contributed by atoms with Gasteiger partial charge in [0.2, 0.25) is 0 Å². The second-order valence-electron chi connectivity index (χ2n) is 8.81. The molecule has 9 heteroatoms. The van der Waals surface area contributed by atoms with Crippen molar-refractivity contribution in [2.24, 2.45) is 0 Å². The zero-order valence-electron chi connectivity index (χ0n) is 19.7. The van der Waals surface area contributed by atoms with E-state index in [0.29, 0.717) is 23.7 Å². The lowest BCUT2D eigenvalue weighted by atomic mass is 10.1. The summed E-state index contributed by atoms with van der Waals surface area (Å²) in [5, 5.41) is 9.00. The van der Waals surface area contributed by atoms with Gasteiger partial charge in [0.25, 0.3) is 0 Å². The van der Waals surface area contributed by atoms with E-state index in [2.05, 4.69) is 13.8 Å². The highest BCUT2D eigenvalue weighted by Crippen LogP contribution is 2.36. The van der Waals surface area contributed by atoms with Gasteiger partial charge in [0, 0.05) is 6.61 Å². The minimum Gasteiger partial charge on any atom is -0.870 e. The van der Waals surface area contributed by atoms with Crippen LogP contribution >= 0.6 is 8.60 Å². The van der Waals surface area contributed by atoms with E-state index in [1.54, 1.807) is 0 Å². The third kappa shape index (κ3) is 22.3. The number of rotatable bonds is 20. The van der Waals surface area contributed by atoms with E-state index >= 15 is 0 Å². The van der Waals surface area contributed by atoms with Gasteiger partial charge in [0.15, 0.2) is 0 Å². The summed E-state index contributed by atoms with van der Waals surface area (Å²) >= 11 is 0. The molecule has 0 aromatic heterocycles. The Labute approximate surface area is 184 Å². The average Bonchev–Trinajstić information content (AvgIpc) is 2.58. The first-order chi connectivity index (χ1) is 13.6. The summed E-state index contributed by atoms with van der Waals surface area (Å²) in [6, 6.07) is 0. The van der Waals surface area contributed by atoms with E-state index in [4.69, 9.17) is 18.9 Å². The number of carboxylic acid groups (broad SMARTS) is 1. The summed E-state index contributed by atoms with van der Waals surface area (Å²) in [6.07, 6.45) is 9.95. The van der Waals surface area contributed by atoms with Gasteiger partial charge >= 0.3 is 14.6 Å². The van der Waals surface area contributed by atoms with E-state index in [1.807, 2.05) is 21.1 Å². The summed E-state index contributed by atoms with van der Waals surface area (Å²) in [6.45, 7) is 6.02. The molecule has 182 valence electrons. The molecule has 0 saturated carbocycles. The standard InChI is InChI=1S/C21H44NO6P.H2O/c1-6-7-8-9-11-14-19(2)26-15-12-10-13-16-27-29(25)28-20(17-21(23)24)18-22(3,4)5;/h19-20,25H,6-18H2,1-5H3;1H2/t19?,20-,29?;/m1./s1. The van der Waals surface area contributed by atoms with Crippen molar-refractivity contribution >= 4 is 14.6 Å². The van der Waals surface area contributed by atoms with Gasteiger partial charge < -0.3 is 33.7 Å². The molecular weight excluding hydrogens is 409 g/mol. The molecule has 30 heavy (non-hydrogen) atoms. The lowest BCUT2D eigenvalue weighted by molar-refractivity contribution is -0.873. The summed E-state index contributed by atoms with van der Waals surface area (Å²) in [5.74, 6) is -0.943. The SMILES string of the molecule is CCCCCCCC(C)OCCCCCOP(O)O[C@H](CC(=O)O)C[N+](C)(C)C.[OH-]. The topological polar surface area (TPSA) is 115 Å². The van der Waals surface area contributed by atoms with Crippen molar-refractivity contribution < 1.29 is 38.5 Å². The fraction of sp³-hybridized carbons (Fsp3) is 0.952. The van der Waals surface area contributed by atoms with Gasteiger partial charge in [-0.2, -0.15) is 0 Å². The molecule has 0 aliphatic heterocycles. The molecule has 2 unspecified atom stereocenters. The number of carbonyl (C=O) groups is 1. The maximum Gasteiger partial charge on any atom is 0.330 e. The van der Waals surface area contributed by atoms with Gasteiger partial charge in [0.05, 0.1) is 40.3 Å². The maximum atomic E-state index is 11.0. The maximum absolute atomic E-state index is 11.0. The Morgan fingerprint density at radius 1 is 1.00 bits per heavy atom. The molecule has 0 aliphatic rings. The second-order valence-corrected chi connectivity index (χ2v) is 9.76. The zero-order chi connectivity index (χ0) is 22.1. The quantitative estimate of drug-likeness (QED) is 0.157. The molecule has 8 nitrogen and oxygen atoms in total.